The molecule has 2 aromatic rings. The number of carbonyl (C=O) groups excluding carboxylic acids is 1. The fourth-order valence-corrected chi connectivity index (χ4v) is 4.10. The SMILES string of the molecule is C=CC=O.CNc1ccc(SN(C)Cc2ccc(N3CCCN(C)CC3)cc2)cc1. The van der Waals surface area contributed by atoms with E-state index >= 15 is 0 Å². The number of hydrogen-bond acceptors (Lipinski definition) is 6. The molecule has 5 nitrogen and oxygen atoms in total. The van der Waals surface area contributed by atoms with Gasteiger partial charge in [-0.1, -0.05) is 18.7 Å². The van der Waals surface area contributed by atoms with Crippen LogP contribution in [0.25, 0.3) is 0 Å². The second-order valence-electron chi connectivity index (χ2n) is 7.33. The number of carbonyl (C=O) groups is 1. The second kappa shape index (κ2) is 13.1. The average Bonchev–Trinajstić information content (AvgIpc) is 2.99. The standard InChI is InChI=1S/C21H30N4S.C3H4O/c1-22-19-7-11-21(12-8-19)26-24(3)17-18-5-9-20(10-6-18)25-14-4-13-23(2)15-16-25;1-2-3-4/h5-12,22H,4,13-17H2,1-3H3;2-3H,1H2. The van der Waals surface area contributed by atoms with E-state index in [2.05, 4.69) is 88.6 Å². The number of allylic oxidation sites excluding steroid dienone is 1. The molecule has 1 N–H and O–H groups in total. The summed E-state index contributed by atoms with van der Waals surface area (Å²) >= 11 is 1.78. The minimum Gasteiger partial charge on any atom is -0.388 e. The van der Waals surface area contributed by atoms with Gasteiger partial charge < -0.3 is 15.1 Å². The maximum atomic E-state index is 9.06. The minimum atomic E-state index is 0.639. The number of anilines is 2. The summed E-state index contributed by atoms with van der Waals surface area (Å²) in [5, 5.41) is 3.16. The van der Waals surface area contributed by atoms with Crippen molar-refractivity contribution < 1.29 is 4.79 Å². The summed E-state index contributed by atoms with van der Waals surface area (Å²) < 4.78 is 2.28. The number of hydrogen-bond donors (Lipinski definition) is 1. The molecule has 1 heterocycles. The number of nitrogens with one attached hydrogen (secondary N) is 1. The molecule has 0 saturated carbocycles. The number of benzene rings is 2. The fourth-order valence-electron chi connectivity index (χ4n) is 3.27. The van der Waals surface area contributed by atoms with Crippen molar-refractivity contribution in [3.8, 4) is 0 Å². The Morgan fingerprint density at radius 3 is 2.33 bits per heavy atom. The van der Waals surface area contributed by atoms with E-state index < -0.39 is 0 Å². The minimum absolute atomic E-state index is 0.639. The zero-order chi connectivity index (χ0) is 21.8. The van der Waals surface area contributed by atoms with Gasteiger partial charge in [0, 0.05) is 49.5 Å². The lowest BCUT2D eigenvalue weighted by Gasteiger charge is -2.23. The molecule has 0 atom stereocenters. The summed E-state index contributed by atoms with van der Waals surface area (Å²) in [6.07, 6.45) is 3.07. The Bertz CT molecular complexity index is 758. The molecule has 0 bridgehead atoms. The van der Waals surface area contributed by atoms with Crippen molar-refractivity contribution in [3.05, 3.63) is 66.7 Å². The van der Waals surface area contributed by atoms with Crippen molar-refractivity contribution in [1.29, 1.82) is 0 Å². The molecular weight excluding hydrogens is 392 g/mol. The molecule has 0 aliphatic carbocycles. The lowest BCUT2D eigenvalue weighted by molar-refractivity contribution is -0.104. The van der Waals surface area contributed by atoms with Crippen molar-refractivity contribution in [2.45, 2.75) is 17.9 Å². The predicted octanol–water partition coefficient (Wildman–Crippen LogP) is 4.38. The van der Waals surface area contributed by atoms with E-state index in [1.807, 2.05) is 7.05 Å². The quantitative estimate of drug-likeness (QED) is 0.402. The number of likely N-dealkylation sites (N-methyl/N-ethyl adjacent to an activating group) is 1. The van der Waals surface area contributed by atoms with Gasteiger partial charge in [0.2, 0.25) is 0 Å². The van der Waals surface area contributed by atoms with Crippen LogP contribution in [0.4, 0.5) is 11.4 Å². The lowest BCUT2D eigenvalue weighted by Crippen LogP contribution is -2.28. The van der Waals surface area contributed by atoms with Gasteiger partial charge in [-0.25, -0.2) is 4.31 Å². The molecule has 0 aromatic heterocycles. The van der Waals surface area contributed by atoms with Gasteiger partial charge in [-0.15, -0.1) is 0 Å². The predicted molar refractivity (Wildman–Crippen MR) is 130 cm³/mol. The average molecular weight is 427 g/mol. The van der Waals surface area contributed by atoms with E-state index in [0.29, 0.717) is 6.29 Å². The first-order chi connectivity index (χ1) is 14.5. The molecular formula is C24H34N4OS. The highest BCUT2D eigenvalue weighted by Gasteiger charge is 2.12. The summed E-state index contributed by atoms with van der Waals surface area (Å²) in [4.78, 5) is 15.2. The van der Waals surface area contributed by atoms with Crippen molar-refractivity contribution in [2.75, 3.05) is 57.5 Å². The first kappa shape index (κ1) is 24.0. The van der Waals surface area contributed by atoms with Crippen LogP contribution in [-0.2, 0) is 11.3 Å². The molecule has 0 unspecified atom stereocenters. The van der Waals surface area contributed by atoms with Crippen molar-refractivity contribution >= 4 is 29.6 Å². The molecule has 2 aromatic carbocycles. The van der Waals surface area contributed by atoms with Crippen molar-refractivity contribution in [2.24, 2.45) is 0 Å². The van der Waals surface area contributed by atoms with Gasteiger partial charge >= 0.3 is 0 Å². The Hall–Kier alpha value is -2.28. The Morgan fingerprint density at radius 2 is 1.73 bits per heavy atom. The van der Waals surface area contributed by atoms with Gasteiger partial charge in [-0.3, -0.25) is 4.79 Å². The molecule has 162 valence electrons. The maximum Gasteiger partial charge on any atom is 0.142 e. The third-order valence-corrected chi connectivity index (χ3v) is 5.85. The molecule has 0 radical (unpaired) electrons. The highest BCUT2D eigenvalue weighted by atomic mass is 32.2. The summed E-state index contributed by atoms with van der Waals surface area (Å²) in [6.45, 7) is 8.66. The first-order valence-corrected chi connectivity index (χ1v) is 11.1. The molecule has 1 saturated heterocycles. The monoisotopic (exact) mass is 426 g/mol. The van der Waals surface area contributed by atoms with E-state index in [1.54, 1.807) is 11.9 Å². The Morgan fingerprint density at radius 1 is 1.07 bits per heavy atom. The van der Waals surface area contributed by atoms with Crippen molar-refractivity contribution in [3.63, 3.8) is 0 Å². The van der Waals surface area contributed by atoms with Gasteiger partial charge in [0.25, 0.3) is 0 Å². The molecule has 30 heavy (non-hydrogen) atoms. The lowest BCUT2D eigenvalue weighted by atomic mass is 10.2. The zero-order valence-electron chi connectivity index (χ0n) is 18.4. The van der Waals surface area contributed by atoms with Gasteiger partial charge in [0.15, 0.2) is 0 Å². The number of aldehydes is 1. The van der Waals surface area contributed by atoms with Crippen LogP contribution in [0.1, 0.15) is 12.0 Å². The third-order valence-electron chi connectivity index (χ3n) is 4.93. The van der Waals surface area contributed by atoms with Gasteiger partial charge in [0.1, 0.15) is 6.29 Å². The Balaban J connectivity index is 0.000000735. The van der Waals surface area contributed by atoms with Crippen LogP contribution < -0.4 is 10.2 Å². The zero-order valence-corrected chi connectivity index (χ0v) is 19.2. The van der Waals surface area contributed by atoms with E-state index in [4.69, 9.17) is 4.79 Å². The molecule has 6 heteroatoms. The summed E-state index contributed by atoms with van der Waals surface area (Å²) in [5.74, 6) is 0. The van der Waals surface area contributed by atoms with Crippen LogP contribution in [0, 0.1) is 0 Å². The first-order valence-electron chi connectivity index (χ1n) is 10.3. The summed E-state index contributed by atoms with van der Waals surface area (Å²) in [5.41, 5.74) is 3.84. The highest BCUT2D eigenvalue weighted by molar-refractivity contribution is 7.97. The Labute approximate surface area is 185 Å². The summed E-state index contributed by atoms with van der Waals surface area (Å²) in [7, 11) is 6.31. The molecule has 3 rings (SSSR count). The maximum absolute atomic E-state index is 9.06. The van der Waals surface area contributed by atoms with Gasteiger partial charge in [-0.05, 0) is 87.0 Å². The van der Waals surface area contributed by atoms with Gasteiger partial charge in [-0.2, -0.15) is 0 Å². The van der Waals surface area contributed by atoms with E-state index in [1.165, 1.54) is 35.2 Å². The van der Waals surface area contributed by atoms with E-state index in [9.17, 15) is 0 Å². The number of nitrogens with zero attached hydrogens (tertiary/aromatic N) is 3. The van der Waals surface area contributed by atoms with Crippen LogP contribution in [0.3, 0.4) is 0 Å². The molecule has 1 aliphatic rings. The van der Waals surface area contributed by atoms with Crippen LogP contribution in [0.2, 0.25) is 0 Å². The molecule has 0 spiro atoms. The molecule has 0 amide bonds. The fraction of sp³-hybridized carbons (Fsp3) is 0.375. The van der Waals surface area contributed by atoms with Crippen LogP contribution in [0.5, 0.6) is 0 Å². The highest BCUT2D eigenvalue weighted by Crippen LogP contribution is 2.25. The second-order valence-corrected chi connectivity index (χ2v) is 8.61. The van der Waals surface area contributed by atoms with Crippen LogP contribution in [0.15, 0.2) is 66.1 Å². The number of rotatable bonds is 7. The van der Waals surface area contributed by atoms with E-state index in [0.717, 1.165) is 31.9 Å². The largest absolute Gasteiger partial charge is 0.388 e. The van der Waals surface area contributed by atoms with Crippen LogP contribution >= 0.6 is 11.9 Å². The topological polar surface area (TPSA) is 38.8 Å². The molecule has 1 aliphatic heterocycles. The van der Waals surface area contributed by atoms with Crippen LogP contribution in [-0.4, -0.2) is 62.8 Å². The van der Waals surface area contributed by atoms with E-state index in [-0.39, 0.29) is 0 Å². The smallest absolute Gasteiger partial charge is 0.142 e. The Kier molecular flexibility index (Phi) is 10.5. The summed E-state index contributed by atoms with van der Waals surface area (Å²) in [6, 6.07) is 17.6. The van der Waals surface area contributed by atoms with Gasteiger partial charge in [0.05, 0.1) is 0 Å². The third kappa shape index (κ3) is 8.22. The normalized spacial score (nSPS) is 14.5. The molecule has 1 fully saturated rings. The van der Waals surface area contributed by atoms with Crippen molar-refractivity contribution in [1.82, 2.24) is 9.21 Å².